The van der Waals surface area contributed by atoms with E-state index in [9.17, 15) is 4.79 Å². The van der Waals surface area contributed by atoms with E-state index in [1.54, 1.807) is 12.1 Å². The monoisotopic (exact) mass is 302 g/mol. The average Bonchev–Trinajstić information content (AvgIpc) is 2.49. The average molecular weight is 302 g/mol. The summed E-state index contributed by atoms with van der Waals surface area (Å²) in [5, 5.41) is 0. The molecule has 20 heavy (non-hydrogen) atoms. The Bertz CT molecular complexity index is 449. The van der Waals surface area contributed by atoms with Crippen LogP contribution in [-0.4, -0.2) is 40.9 Å². The van der Waals surface area contributed by atoms with Crippen LogP contribution in [0.2, 0.25) is 0 Å². The Kier molecular flexibility index (Phi) is 7.21. The van der Waals surface area contributed by atoms with Crippen molar-refractivity contribution in [3.05, 3.63) is 23.3 Å². The lowest BCUT2D eigenvalue weighted by atomic mass is 10.1. The number of methoxy groups -OCH3 is 3. The molecule has 112 valence electrons. The summed E-state index contributed by atoms with van der Waals surface area (Å²) < 4.78 is 25.2. The molecule has 0 unspecified atom stereocenters. The number of rotatable bonds is 8. The minimum atomic E-state index is -0.501. The van der Waals surface area contributed by atoms with Crippen molar-refractivity contribution in [1.29, 1.82) is 0 Å². The van der Waals surface area contributed by atoms with Gasteiger partial charge in [-0.1, -0.05) is 0 Å². The molecule has 0 aliphatic rings. The summed E-state index contributed by atoms with van der Waals surface area (Å²) >= 11 is 4.21. The van der Waals surface area contributed by atoms with E-state index in [0.29, 0.717) is 28.4 Å². The zero-order chi connectivity index (χ0) is 15.0. The normalized spacial score (nSPS) is 10.2. The van der Waals surface area contributed by atoms with Gasteiger partial charge in [0.15, 0.2) is 13.6 Å². The van der Waals surface area contributed by atoms with Gasteiger partial charge in [0.2, 0.25) is 0 Å². The number of thiol groups is 1. The molecule has 0 bridgehead atoms. The number of carbonyl (C=O) groups is 1. The van der Waals surface area contributed by atoms with Crippen LogP contribution in [0.3, 0.4) is 0 Å². The van der Waals surface area contributed by atoms with Crippen molar-refractivity contribution in [3.63, 3.8) is 0 Å². The largest absolute Gasteiger partial charge is 0.467 e. The summed E-state index contributed by atoms with van der Waals surface area (Å²) in [5.41, 5.74) is 0.948. The quantitative estimate of drug-likeness (QED) is 0.449. The Balaban J connectivity index is 3.20. The molecular weight excluding hydrogens is 284 g/mol. The maximum atomic E-state index is 11.9. The van der Waals surface area contributed by atoms with Crippen LogP contribution in [0.5, 0.6) is 11.5 Å². The number of benzene rings is 1. The van der Waals surface area contributed by atoms with Crippen LogP contribution >= 0.6 is 12.6 Å². The van der Waals surface area contributed by atoms with Gasteiger partial charge in [-0.15, -0.1) is 0 Å². The van der Waals surface area contributed by atoms with Crippen molar-refractivity contribution in [3.8, 4) is 11.5 Å². The number of hydrogen-bond donors (Lipinski definition) is 1. The highest BCUT2D eigenvalue weighted by atomic mass is 32.1. The maximum absolute atomic E-state index is 11.9. The van der Waals surface area contributed by atoms with Crippen molar-refractivity contribution in [1.82, 2.24) is 0 Å². The van der Waals surface area contributed by atoms with Gasteiger partial charge in [-0.05, 0) is 11.6 Å². The second-order valence-electron chi connectivity index (χ2n) is 3.71. The highest BCUT2D eigenvalue weighted by molar-refractivity contribution is 7.79. The van der Waals surface area contributed by atoms with Gasteiger partial charge >= 0.3 is 5.97 Å². The van der Waals surface area contributed by atoms with Crippen LogP contribution in [0.1, 0.15) is 15.9 Å². The molecule has 0 amide bonds. The first-order valence-electron chi connectivity index (χ1n) is 5.77. The van der Waals surface area contributed by atoms with Crippen LogP contribution in [0, 0.1) is 0 Å². The van der Waals surface area contributed by atoms with Gasteiger partial charge < -0.3 is 23.7 Å². The van der Waals surface area contributed by atoms with Crippen LogP contribution in [0.4, 0.5) is 0 Å². The first-order valence-corrected chi connectivity index (χ1v) is 6.40. The third-order valence-electron chi connectivity index (χ3n) is 2.39. The molecule has 0 spiro atoms. The molecule has 6 nitrogen and oxygen atoms in total. The summed E-state index contributed by atoms with van der Waals surface area (Å²) in [6.07, 6.45) is 0. The van der Waals surface area contributed by atoms with E-state index in [0.717, 1.165) is 0 Å². The molecule has 0 saturated carbocycles. The predicted octanol–water partition coefficient (Wildman–Crippen LogP) is 1.87. The fourth-order valence-electron chi connectivity index (χ4n) is 1.55. The van der Waals surface area contributed by atoms with E-state index in [-0.39, 0.29) is 13.6 Å². The minimum absolute atomic E-state index is 0.00371. The number of ether oxygens (including phenoxy) is 5. The highest BCUT2D eigenvalue weighted by Gasteiger charge is 2.20. The van der Waals surface area contributed by atoms with Gasteiger partial charge in [-0.25, -0.2) is 4.79 Å². The van der Waals surface area contributed by atoms with Gasteiger partial charge in [0.05, 0.1) is 7.11 Å². The fourth-order valence-corrected chi connectivity index (χ4v) is 1.80. The van der Waals surface area contributed by atoms with Crippen molar-refractivity contribution in [2.75, 3.05) is 34.9 Å². The summed E-state index contributed by atoms with van der Waals surface area (Å²) in [4.78, 5) is 11.9. The lowest BCUT2D eigenvalue weighted by Gasteiger charge is -2.15. The molecule has 0 aliphatic heterocycles. The van der Waals surface area contributed by atoms with Crippen molar-refractivity contribution in [2.45, 2.75) is 5.75 Å². The van der Waals surface area contributed by atoms with Crippen molar-refractivity contribution in [2.24, 2.45) is 0 Å². The standard InChI is InChI=1S/C13H18O6S/c1-15-7-18-10-4-9(6-20)12(13(14)17-3)11(5-10)19-8-16-2/h4-5,20H,6-8H2,1-3H3. The Morgan fingerprint density at radius 2 is 1.75 bits per heavy atom. The highest BCUT2D eigenvalue weighted by Crippen LogP contribution is 2.31. The van der Waals surface area contributed by atoms with E-state index in [1.807, 2.05) is 0 Å². The third kappa shape index (κ3) is 4.29. The van der Waals surface area contributed by atoms with Gasteiger partial charge in [-0.3, -0.25) is 0 Å². The lowest BCUT2D eigenvalue weighted by Crippen LogP contribution is -2.11. The maximum Gasteiger partial charge on any atom is 0.341 e. The Hall–Kier alpha value is -1.44. The second-order valence-corrected chi connectivity index (χ2v) is 4.02. The smallest absolute Gasteiger partial charge is 0.341 e. The Morgan fingerprint density at radius 3 is 2.30 bits per heavy atom. The van der Waals surface area contributed by atoms with E-state index in [4.69, 9.17) is 23.7 Å². The molecule has 1 aromatic carbocycles. The van der Waals surface area contributed by atoms with Crippen molar-refractivity contribution < 1.29 is 28.5 Å². The van der Waals surface area contributed by atoms with Gasteiger partial charge in [0, 0.05) is 26.0 Å². The van der Waals surface area contributed by atoms with Crippen LogP contribution in [0.25, 0.3) is 0 Å². The summed E-state index contributed by atoms with van der Waals surface area (Å²) in [5.74, 6) is 0.655. The molecule has 0 fully saturated rings. The minimum Gasteiger partial charge on any atom is -0.467 e. The summed E-state index contributed by atoms with van der Waals surface area (Å²) in [6.45, 7) is 0.0943. The molecule has 0 aromatic heterocycles. The Labute approximate surface area is 123 Å². The van der Waals surface area contributed by atoms with E-state index in [2.05, 4.69) is 12.6 Å². The summed E-state index contributed by atoms with van der Waals surface area (Å²) in [6, 6.07) is 3.27. The lowest BCUT2D eigenvalue weighted by molar-refractivity contribution is 0.0433. The Morgan fingerprint density at radius 1 is 1.10 bits per heavy atom. The molecular formula is C13H18O6S. The second kappa shape index (κ2) is 8.68. The predicted molar refractivity (Wildman–Crippen MR) is 75.5 cm³/mol. The molecule has 7 heteroatoms. The third-order valence-corrected chi connectivity index (χ3v) is 2.73. The molecule has 1 rings (SSSR count). The molecule has 0 N–H and O–H groups in total. The SMILES string of the molecule is COCOc1cc(CS)c(C(=O)OC)c(OCOC)c1. The fraction of sp³-hybridized carbons (Fsp3) is 0.462. The zero-order valence-corrected chi connectivity index (χ0v) is 12.6. The first kappa shape index (κ1) is 16.6. The van der Waals surface area contributed by atoms with E-state index in [1.165, 1.54) is 21.3 Å². The number of esters is 1. The molecule has 0 radical (unpaired) electrons. The first-order chi connectivity index (χ1) is 9.67. The van der Waals surface area contributed by atoms with Gasteiger partial charge in [0.25, 0.3) is 0 Å². The molecule has 1 aromatic rings. The van der Waals surface area contributed by atoms with Gasteiger partial charge in [0.1, 0.15) is 17.1 Å². The van der Waals surface area contributed by atoms with Crippen LogP contribution in [0.15, 0.2) is 12.1 Å². The molecule has 0 saturated heterocycles. The number of carbonyl (C=O) groups excluding carboxylic acids is 1. The van der Waals surface area contributed by atoms with Crippen LogP contribution in [-0.2, 0) is 20.0 Å². The molecule has 0 aliphatic carbocycles. The number of hydrogen-bond acceptors (Lipinski definition) is 7. The summed E-state index contributed by atoms with van der Waals surface area (Å²) in [7, 11) is 4.31. The topological polar surface area (TPSA) is 63.2 Å². The van der Waals surface area contributed by atoms with E-state index >= 15 is 0 Å². The zero-order valence-electron chi connectivity index (χ0n) is 11.7. The molecule has 0 heterocycles. The molecule has 0 atom stereocenters. The van der Waals surface area contributed by atoms with Crippen LogP contribution < -0.4 is 9.47 Å². The van der Waals surface area contributed by atoms with E-state index < -0.39 is 5.97 Å². The van der Waals surface area contributed by atoms with Crippen molar-refractivity contribution >= 4 is 18.6 Å². The van der Waals surface area contributed by atoms with Gasteiger partial charge in [-0.2, -0.15) is 12.6 Å².